The molecule has 2 aromatic carbocycles. The van der Waals surface area contributed by atoms with Gasteiger partial charge in [-0.2, -0.15) is 5.10 Å². The molecule has 1 atom stereocenters. The summed E-state index contributed by atoms with van der Waals surface area (Å²) in [6, 6.07) is 14.2. The van der Waals surface area contributed by atoms with Crippen LogP contribution in [0.2, 0.25) is 0 Å². The normalized spacial score (nSPS) is 19.8. The number of urea groups is 1. The van der Waals surface area contributed by atoms with Gasteiger partial charge in [0.25, 0.3) is 0 Å². The number of piperidine rings is 2. The van der Waals surface area contributed by atoms with E-state index in [1.165, 1.54) is 11.1 Å². The van der Waals surface area contributed by atoms with Crippen molar-refractivity contribution in [1.29, 1.82) is 0 Å². The summed E-state index contributed by atoms with van der Waals surface area (Å²) in [5.41, 5.74) is 2.93. The Kier molecular flexibility index (Phi) is 10.2. The van der Waals surface area contributed by atoms with E-state index < -0.39 is 28.7 Å². The second-order valence-electron chi connectivity index (χ2n) is 14.1. The Hall–Kier alpha value is -3.81. The number of likely N-dealkylation sites (tertiary alicyclic amines) is 1. The lowest BCUT2D eigenvalue weighted by atomic mass is 9.89. The van der Waals surface area contributed by atoms with Crippen molar-refractivity contribution in [3.63, 3.8) is 0 Å². The minimum atomic E-state index is -1.24. The molecule has 258 valence electrons. The van der Waals surface area contributed by atoms with Crippen LogP contribution >= 0.6 is 0 Å². The number of carbonyl (C=O) groups is 3. The van der Waals surface area contributed by atoms with Crippen LogP contribution < -0.4 is 15.5 Å². The fourth-order valence-electron chi connectivity index (χ4n) is 6.85. The third kappa shape index (κ3) is 8.07. The summed E-state index contributed by atoms with van der Waals surface area (Å²) in [4.78, 5) is 41.1. The number of ether oxygens (including phenoxy) is 1. The van der Waals surface area contributed by atoms with Gasteiger partial charge in [0.05, 0.1) is 10.4 Å². The summed E-state index contributed by atoms with van der Waals surface area (Å²) in [5, 5.41) is 10.9. The maximum Gasteiger partial charge on any atom is 0.407 e. The number of hydrogen-bond donors (Lipinski definition) is 2. The molecule has 0 aliphatic carbocycles. The molecule has 4 heterocycles. The number of nitrogens with one attached hydrogen (secondary N) is 2. The van der Waals surface area contributed by atoms with Gasteiger partial charge in [0.15, 0.2) is 5.82 Å². The van der Waals surface area contributed by atoms with E-state index in [0.29, 0.717) is 31.4 Å². The summed E-state index contributed by atoms with van der Waals surface area (Å²) >= 11 is 0. The van der Waals surface area contributed by atoms with Crippen LogP contribution in [0.1, 0.15) is 69.9 Å². The molecule has 12 nitrogen and oxygen atoms in total. The molecule has 3 aliphatic heterocycles. The van der Waals surface area contributed by atoms with Gasteiger partial charge in [-0.3, -0.25) is 19.7 Å². The van der Waals surface area contributed by atoms with Gasteiger partial charge in [0.2, 0.25) is 5.91 Å². The zero-order valence-electron chi connectivity index (χ0n) is 28.4. The minimum absolute atomic E-state index is 0.0256. The molecule has 3 saturated heterocycles. The van der Waals surface area contributed by atoms with Crippen LogP contribution in [-0.2, 0) is 34.0 Å². The summed E-state index contributed by atoms with van der Waals surface area (Å²) in [7, 11) is 0.653. The lowest BCUT2D eigenvalue weighted by molar-refractivity contribution is -0.120. The average Bonchev–Trinajstić information content (AvgIpc) is 3.38. The van der Waals surface area contributed by atoms with Crippen molar-refractivity contribution in [1.82, 2.24) is 29.6 Å². The first-order valence-electron chi connectivity index (χ1n) is 17.0. The van der Waals surface area contributed by atoms with E-state index in [1.807, 2.05) is 48.9 Å². The van der Waals surface area contributed by atoms with Gasteiger partial charge in [-0.1, -0.05) is 18.2 Å². The van der Waals surface area contributed by atoms with Gasteiger partial charge in [-0.05, 0) is 107 Å². The van der Waals surface area contributed by atoms with Crippen LogP contribution in [0, 0.1) is 0 Å². The Labute approximate surface area is 284 Å². The largest absolute Gasteiger partial charge is 0.444 e. The highest BCUT2D eigenvalue weighted by Gasteiger charge is 2.29. The first kappa shape index (κ1) is 34.1. The van der Waals surface area contributed by atoms with Gasteiger partial charge < -0.3 is 15.0 Å². The summed E-state index contributed by atoms with van der Waals surface area (Å²) in [6.45, 7) is 10.2. The Morgan fingerprint density at radius 1 is 1.02 bits per heavy atom. The maximum atomic E-state index is 13.4. The molecule has 3 fully saturated rings. The van der Waals surface area contributed by atoms with Crippen molar-refractivity contribution in [3.05, 3.63) is 53.6 Å². The van der Waals surface area contributed by atoms with Gasteiger partial charge in [0, 0.05) is 51.1 Å². The number of hydrogen-bond acceptors (Lipinski definition) is 7. The number of fused-ring (bicyclic) bond motifs is 1. The lowest BCUT2D eigenvalue weighted by Crippen LogP contribution is -2.49. The molecule has 48 heavy (non-hydrogen) atoms. The molecule has 6 rings (SSSR count). The monoisotopic (exact) mass is 677 g/mol. The summed E-state index contributed by atoms with van der Waals surface area (Å²) < 4.78 is 22.6. The first-order valence-corrected chi connectivity index (χ1v) is 18.1. The fourth-order valence-corrected chi connectivity index (χ4v) is 8.14. The standard InChI is InChI=1S/C35H47N7O5S/c1-35(2,3)47-34(45)36-27-13-19-41(20-14-27)48(46)28-7-5-6-24(22-28)10-16-40-17-11-25(12-18-40)26-8-9-29-30(23-26)39(4)38-32(29)42-21-15-31(43)37-33(42)44/h5-9,22-23,25,27H,10-21H2,1-4H3,(H,36,45)(H,37,43,44). The second-order valence-corrected chi connectivity index (χ2v) is 15.6. The minimum Gasteiger partial charge on any atom is -0.444 e. The summed E-state index contributed by atoms with van der Waals surface area (Å²) in [5.74, 6) is 0.785. The molecular formula is C35H47N7O5S. The molecule has 0 bridgehead atoms. The smallest absolute Gasteiger partial charge is 0.407 e. The molecule has 3 aliphatic rings. The van der Waals surface area contributed by atoms with Crippen LogP contribution in [0.5, 0.6) is 0 Å². The molecule has 2 N–H and O–H groups in total. The Morgan fingerprint density at radius 2 is 1.77 bits per heavy atom. The van der Waals surface area contributed by atoms with Crippen molar-refractivity contribution in [3.8, 4) is 0 Å². The number of anilines is 1. The number of aryl methyl sites for hydroxylation is 1. The summed E-state index contributed by atoms with van der Waals surface area (Å²) in [6.07, 6.45) is 4.37. The topological polar surface area (TPSA) is 129 Å². The van der Waals surface area contributed by atoms with Gasteiger partial charge in [-0.25, -0.2) is 18.1 Å². The van der Waals surface area contributed by atoms with E-state index in [-0.39, 0.29) is 18.4 Å². The van der Waals surface area contributed by atoms with Gasteiger partial charge in [0.1, 0.15) is 16.6 Å². The predicted molar refractivity (Wildman–Crippen MR) is 185 cm³/mol. The van der Waals surface area contributed by atoms with Crippen LogP contribution in [0.3, 0.4) is 0 Å². The van der Waals surface area contributed by atoms with E-state index in [2.05, 4.69) is 51.0 Å². The third-order valence-electron chi connectivity index (χ3n) is 9.45. The van der Waals surface area contributed by atoms with E-state index in [1.54, 1.807) is 4.90 Å². The number of imide groups is 1. The Morgan fingerprint density at radius 3 is 2.48 bits per heavy atom. The quantitative estimate of drug-likeness (QED) is 0.361. The van der Waals surface area contributed by atoms with Crippen LogP contribution in [0.25, 0.3) is 10.9 Å². The molecule has 0 spiro atoms. The number of benzene rings is 2. The molecular weight excluding hydrogens is 630 g/mol. The van der Waals surface area contributed by atoms with Crippen molar-refractivity contribution < 1.29 is 23.3 Å². The molecule has 3 aromatic rings. The zero-order chi connectivity index (χ0) is 34.0. The number of amides is 4. The number of nitrogens with zero attached hydrogens (tertiary/aromatic N) is 5. The van der Waals surface area contributed by atoms with Gasteiger partial charge in [-0.15, -0.1) is 0 Å². The van der Waals surface area contributed by atoms with Crippen molar-refractivity contribution in [2.45, 2.75) is 81.8 Å². The SMILES string of the molecule is Cn1nc(N2CCC(=O)NC2=O)c2ccc(C3CCN(CCc4cccc(S(=O)N5CCC(NC(=O)OC(C)(C)C)CC5)c4)CC3)cc21. The molecule has 1 unspecified atom stereocenters. The van der Waals surface area contributed by atoms with Crippen molar-refractivity contribution >= 4 is 45.7 Å². The van der Waals surface area contributed by atoms with E-state index in [4.69, 9.17) is 4.74 Å². The molecule has 0 radical (unpaired) electrons. The van der Waals surface area contributed by atoms with Crippen molar-refractivity contribution in [2.24, 2.45) is 7.05 Å². The van der Waals surface area contributed by atoms with Gasteiger partial charge >= 0.3 is 12.1 Å². The highest BCUT2D eigenvalue weighted by molar-refractivity contribution is 7.82. The maximum absolute atomic E-state index is 13.4. The van der Waals surface area contributed by atoms with Crippen LogP contribution in [0.4, 0.5) is 15.4 Å². The van der Waals surface area contributed by atoms with E-state index >= 15 is 0 Å². The number of rotatable bonds is 8. The second kappa shape index (κ2) is 14.4. The van der Waals surface area contributed by atoms with Crippen LogP contribution in [0.15, 0.2) is 47.4 Å². The lowest BCUT2D eigenvalue weighted by Gasteiger charge is -2.32. The number of aromatic nitrogens is 2. The highest BCUT2D eigenvalue weighted by Crippen LogP contribution is 2.33. The van der Waals surface area contributed by atoms with E-state index in [9.17, 15) is 18.6 Å². The Bertz CT molecular complexity index is 1690. The zero-order valence-corrected chi connectivity index (χ0v) is 29.2. The van der Waals surface area contributed by atoms with Crippen LogP contribution in [-0.4, -0.2) is 92.1 Å². The molecule has 4 amide bonds. The first-order chi connectivity index (χ1) is 22.9. The molecule has 0 saturated carbocycles. The molecule has 13 heteroatoms. The number of carbonyl (C=O) groups excluding carboxylic acids is 3. The highest BCUT2D eigenvalue weighted by atomic mass is 32.2. The van der Waals surface area contributed by atoms with Crippen molar-refractivity contribution in [2.75, 3.05) is 44.2 Å². The van der Waals surface area contributed by atoms with E-state index in [0.717, 1.165) is 67.5 Å². The molecule has 1 aromatic heterocycles. The third-order valence-corrected chi connectivity index (χ3v) is 10.9. The Balaban J connectivity index is 0.980. The predicted octanol–water partition coefficient (Wildman–Crippen LogP) is 4.45. The fraction of sp³-hybridized carbons (Fsp3) is 0.543. The number of alkyl carbamates (subject to hydrolysis) is 1. The average molecular weight is 678 g/mol.